The van der Waals surface area contributed by atoms with E-state index in [1.54, 1.807) is 12.1 Å². The van der Waals surface area contributed by atoms with Crippen molar-refractivity contribution in [2.24, 2.45) is 11.5 Å². The van der Waals surface area contributed by atoms with Crippen molar-refractivity contribution in [1.82, 2.24) is 5.48 Å². The summed E-state index contributed by atoms with van der Waals surface area (Å²) in [7, 11) is 0. The van der Waals surface area contributed by atoms with Crippen LogP contribution in [0.5, 0.6) is 0 Å². The first kappa shape index (κ1) is 13.1. The Kier molecular flexibility index (Phi) is 5.12. The number of hydrogen-bond donors (Lipinski definition) is 3. The van der Waals surface area contributed by atoms with E-state index in [1.807, 2.05) is 12.1 Å². The lowest BCUT2D eigenvalue weighted by Crippen LogP contribution is -2.29. The van der Waals surface area contributed by atoms with Crippen molar-refractivity contribution >= 4 is 11.8 Å². The highest BCUT2D eigenvalue weighted by Crippen LogP contribution is 2.04. The van der Waals surface area contributed by atoms with Crippen LogP contribution in [0.15, 0.2) is 24.3 Å². The largest absolute Gasteiger partial charge is 0.368 e. The summed E-state index contributed by atoms with van der Waals surface area (Å²) in [5.74, 6) is -1.07. The van der Waals surface area contributed by atoms with Gasteiger partial charge in [-0.1, -0.05) is 12.1 Å². The molecule has 0 saturated carbocycles. The van der Waals surface area contributed by atoms with Crippen LogP contribution in [0.3, 0.4) is 0 Å². The number of benzene rings is 1. The Morgan fingerprint density at radius 2 is 1.88 bits per heavy atom. The van der Waals surface area contributed by atoms with Crippen LogP contribution in [-0.4, -0.2) is 25.0 Å². The van der Waals surface area contributed by atoms with Gasteiger partial charge in [-0.3, -0.25) is 14.4 Å². The molecule has 1 aromatic rings. The fraction of sp³-hybridized carbons (Fsp3) is 0.273. The van der Waals surface area contributed by atoms with Crippen molar-refractivity contribution in [3.8, 4) is 0 Å². The zero-order valence-electron chi connectivity index (χ0n) is 9.31. The van der Waals surface area contributed by atoms with Gasteiger partial charge in [-0.15, -0.1) is 0 Å². The number of carbonyl (C=O) groups is 2. The maximum Gasteiger partial charge on any atom is 0.274 e. The topological polar surface area (TPSA) is 107 Å². The Labute approximate surface area is 98.9 Å². The van der Waals surface area contributed by atoms with Gasteiger partial charge < -0.3 is 11.5 Å². The Morgan fingerprint density at radius 1 is 1.24 bits per heavy atom. The Morgan fingerprint density at radius 3 is 2.41 bits per heavy atom. The van der Waals surface area contributed by atoms with Gasteiger partial charge >= 0.3 is 0 Å². The highest BCUT2D eigenvalue weighted by atomic mass is 16.7. The van der Waals surface area contributed by atoms with E-state index in [2.05, 4.69) is 10.3 Å². The molecule has 0 aliphatic carbocycles. The van der Waals surface area contributed by atoms with Crippen molar-refractivity contribution in [2.45, 2.75) is 6.42 Å². The number of hydrogen-bond acceptors (Lipinski definition) is 4. The second-order valence-electron chi connectivity index (χ2n) is 3.42. The first-order chi connectivity index (χ1) is 8.13. The zero-order valence-corrected chi connectivity index (χ0v) is 9.31. The molecule has 0 radical (unpaired) electrons. The SMILES string of the molecule is NCCc1ccc(C(=O)NOCC(N)=O)cc1. The molecule has 0 fully saturated rings. The van der Waals surface area contributed by atoms with Crippen LogP contribution in [-0.2, 0) is 16.1 Å². The third-order valence-electron chi connectivity index (χ3n) is 2.03. The molecule has 1 aromatic carbocycles. The van der Waals surface area contributed by atoms with E-state index in [4.69, 9.17) is 11.5 Å². The molecular weight excluding hydrogens is 222 g/mol. The minimum absolute atomic E-state index is 0.350. The van der Waals surface area contributed by atoms with Crippen LogP contribution in [0.25, 0.3) is 0 Å². The molecule has 17 heavy (non-hydrogen) atoms. The zero-order chi connectivity index (χ0) is 12.7. The summed E-state index contributed by atoms with van der Waals surface area (Å²) < 4.78 is 0. The van der Waals surface area contributed by atoms with Crippen molar-refractivity contribution in [2.75, 3.05) is 13.2 Å². The molecule has 0 unspecified atom stereocenters. The summed E-state index contributed by atoms with van der Waals surface area (Å²) in [6.45, 7) is 0.213. The minimum Gasteiger partial charge on any atom is -0.368 e. The molecule has 0 saturated heterocycles. The Bertz CT molecular complexity index is 389. The smallest absolute Gasteiger partial charge is 0.274 e. The molecule has 0 heterocycles. The van der Waals surface area contributed by atoms with Crippen molar-refractivity contribution in [1.29, 1.82) is 0 Å². The molecule has 5 N–H and O–H groups in total. The molecule has 6 heteroatoms. The van der Waals surface area contributed by atoms with Gasteiger partial charge in [0.05, 0.1) is 0 Å². The van der Waals surface area contributed by atoms with Crippen molar-refractivity contribution in [3.05, 3.63) is 35.4 Å². The van der Waals surface area contributed by atoms with E-state index in [-0.39, 0.29) is 6.61 Å². The monoisotopic (exact) mass is 237 g/mol. The van der Waals surface area contributed by atoms with Gasteiger partial charge in [-0.05, 0) is 30.7 Å². The van der Waals surface area contributed by atoms with E-state index >= 15 is 0 Å². The van der Waals surface area contributed by atoms with Crippen molar-refractivity contribution < 1.29 is 14.4 Å². The number of rotatable bonds is 6. The fourth-order valence-electron chi connectivity index (χ4n) is 1.22. The van der Waals surface area contributed by atoms with Gasteiger partial charge in [0.25, 0.3) is 5.91 Å². The first-order valence-electron chi connectivity index (χ1n) is 5.13. The number of hydroxylamine groups is 1. The number of nitrogens with two attached hydrogens (primary N) is 2. The summed E-state index contributed by atoms with van der Waals surface area (Å²) >= 11 is 0. The van der Waals surface area contributed by atoms with E-state index in [9.17, 15) is 9.59 Å². The van der Waals surface area contributed by atoms with Crippen molar-refractivity contribution in [3.63, 3.8) is 0 Å². The van der Waals surface area contributed by atoms with E-state index in [0.717, 1.165) is 12.0 Å². The molecular formula is C11H15N3O3. The molecule has 6 nitrogen and oxygen atoms in total. The van der Waals surface area contributed by atoms with Gasteiger partial charge in [0.15, 0.2) is 6.61 Å². The van der Waals surface area contributed by atoms with Gasteiger partial charge in [0.2, 0.25) is 5.91 Å². The Balaban J connectivity index is 2.48. The van der Waals surface area contributed by atoms with E-state index < -0.39 is 11.8 Å². The highest BCUT2D eigenvalue weighted by molar-refractivity contribution is 5.93. The van der Waals surface area contributed by atoms with Crippen LogP contribution in [0.1, 0.15) is 15.9 Å². The summed E-state index contributed by atoms with van der Waals surface area (Å²) in [4.78, 5) is 26.4. The lowest BCUT2D eigenvalue weighted by molar-refractivity contribution is -0.124. The first-order valence-corrected chi connectivity index (χ1v) is 5.13. The number of primary amides is 1. The predicted molar refractivity (Wildman–Crippen MR) is 61.8 cm³/mol. The summed E-state index contributed by atoms with van der Waals surface area (Å²) in [5, 5.41) is 0. The second-order valence-corrected chi connectivity index (χ2v) is 3.42. The molecule has 0 bridgehead atoms. The summed E-state index contributed by atoms with van der Waals surface area (Å²) in [5.41, 5.74) is 13.9. The molecule has 1 rings (SSSR count). The maximum absolute atomic E-state index is 11.5. The Hall–Kier alpha value is -1.92. The average molecular weight is 237 g/mol. The standard InChI is InChI=1S/C11H15N3O3/c12-6-5-8-1-3-9(4-2-8)11(16)14-17-7-10(13)15/h1-4H,5-7,12H2,(H2,13,15)(H,14,16). The third-order valence-corrected chi connectivity index (χ3v) is 2.03. The summed E-state index contributed by atoms with van der Waals surface area (Å²) in [6, 6.07) is 6.95. The van der Waals surface area contributed by atoms with E-state index in [1.165, 1.54) is 0 Å². The lowest BCUT2D eigenvalue weighted by atomic mass is 10.1. The molecule has 2 amide bonds. The molecule has 92 valence electrons. The molecule has 0 aliphatic heterocycles. The molecule has 0 atom stereocenters. The van der Waals surface area contributed by atoms with Crippen LogP contribution in [0.4, 0.5) is 0 Å². The van der Waals surface area contributed by atoms with Gasteiger partial charge in [-0.2, -0.15) is 0 Å². The third kappa shape index (κ3) is 4.62. The molecule has 0 spiro atoms. The fourth-order valence-corrected chi connectivity index (χ4v) is 1.22. The minimum atomic E-state index is -0.649. The van der Waals surface area contributed by atoms with Crippen LogP contribution in [0, 0.1) is 0 Å². The normalized spacial score (nSPS) is 9.94. The van der Waals surface area contributed by atoms with Crippen LogP contribution >= 0.6 is 0 Å². The highest BCUT2D eigenvalue weighted by Gasteiger charge is 2.05. The second kappa shape index (κ2) is 6.62. The van der Waals surface area contributed by atoms with Gasteiger partial charge in [0, 0.05) is 5.56 Å². The van der Waals surface area contributed by atoms with Crippen LogP contribution in [0.2, 0.25) is 0 Å². The van der Waals surface area contributed by atoms with Gasteiger partial charge in [0.1, 0.15) is 0 Å². The summed E-state index contributed by atoms with van der Waals surface area (Å²) in [6.07, 6.45) is 0.764. The lowest BCUT2D eigenvalue weighted by Gasteiger charge is -2.05. The number of carbonyl (C=O) groups excluding carboxylic acids is 2. The van der Waals surface area contributed by atoms with E-state index in [0.29, 0.717) is 12.1 Å². The maximum atomic E-state index is 11.5. The van der Waals surface area contributed by atoms with Gasteiger partial charge in [-0.25, -0.2) is 5.48 Å². The average Bonchev–Trinajstić information content (AvgIpc) is 2.30. The van der Waals surface area contributed by atoms with Crippen LogP contribution < -0.4 is 16.9 Å². The predicted octanol–water partition coefficient (Wildman–Crippen LogP) is -0.666. The number of amides is 2. The number of nitrogens with one attached hydrogen (secondary N) is 1. The molecule has 0 aromatic heterocycles. The molecule has 0 aliphatic rings. The quantitative estimate of drug-likeness (QED) is 0.570.